The second-order valence-electron chi connectivity index (χ2n) is 2.53. The zero-order valence-electron chi connectivity index (χ0n) is 5.69. The third-order valence-corrected chi connectivity index (χ3v) is 1.77. The molecule has 0 spiro atoms. The molecule has 3 heteroatoms. The first-order valence-electron chi connectivity index (χ1n) is 3.21. The quantitative estimate of drug-likeness (QED) is 0.478. The molecule has 56 valence electrons. The highest BCUT2D eigenvalue weighted by atomic mass is 16.3. The van der Waals surface area contributed by atoms with Crippen LogP contribution in [0, 0.1) is 5.92 Å². The van der Waals surface area contributed by atoms with Gasteiger partial charge in [0, 0.05) is 5.92 Å². The second-order valence-corrected chi connectivity index (χ2v) is 2.53. The predicted molar refractivity (Wildman–Crippen MR) is 35.3 cm³/mol. The van der Waals surface area contributed by atoms with Crippen LogP contribution in [0.4, 0.5) is 0 Å². The summed E-state index contributed by atoms with van der Waals surface area (Å²) >= 11 is 0. The van der Waals surface area contributed by atoms with Gasteiger partial charge < -0.3 is 10.2 Å². The molecular weight excluding hydrogens is 132 g/mol. The van der Waals surface area contributed by atoms with Gasteiger partial charge in [0.2, 0.25) is 0 Å². The Morgan fingerprint density at radius 3 is 2.60 bits per heavy atom. The van der Waals surface area contributed by atoms with Crippen molar-refractivity contribution in [2.45, 2.75) is 19.1 Å². The Morgan fingerprint density at radius 1 is 1.50 bits per heavy atom. The largest absolute Gasteiger partial charge is 0.389 e. The van der Waals surface area contributed by atoms with Crippen LogP contribution in [0.3, 0.4) is 0 Å². The molecule has 0 bridgehead atoms. The minimum absolute atomic E-state index is 0.127. The average molecular weight is 142 g/mol. The lowest BCUT2D eigenvalue weighted by molar-refractivity contribution is -0.124. The monoisotopic (exact) mass is 142 g/mol. The molecule has 0 aliphatic heterocycles. The molecule has 2 N–H and O–H groups in total. The molecule has 0 aromatic heterocycles. The first-order chi connectivity index (χ1) is 4.63. The Balaban J connectivity index is 2.79. The molecule has 0 amide bonds. The first kappa shape index (κ1) is 7.44. The molecule has 10 heavy (non-hydrogen) atoms. The fourth-order valence-corrected chi connectivity index (χ4v) is 0.923. The van der Waals surface area contributed by atoms with Crippen molar-refractivity contribution in [2.75, 3.05) is 0 Å². The van der Waals surface area contributed by atoms with Crippen LogP contribution in [-0.2, 0) is 4.79 Å². The molecule has 0 fully saturated rings. The van der Waals surface area contributed by atoms with Crippen molar-refractivity contribution in [1.82, 2.24) is 0 Å². The molecule has 1 aliphatic rings. The topological polar surface area (TPSA) is 57.5 Å². The van der Waals surface area contributed by atoms with Crippen molar-refractivity contribution < 1.29 is 15.0 Å². The van der Waals surface area contributed by atoms with Crippen molar-refractivity contribution in [2.24, 2.45) is 5.92 Å². The number of hydrogen-bond acceptors (Lipinski definition) is 3. The highest BCUT2D eigenvalue weighted by molar-refractivity contribution is 5.93. The van der Waals surface area contributed by atoms with Crippen LogP contribution in [-0.4, -0.2) is 28.2 Å². The van der Waals surface area contributed by atoms with Gasteiger partial charge in [-0.1, -0.05) is 13.0 Å². The van der Waals surface area contributed by atoms with E-state index in [1.54, 1.807) is 6.92 Å². The van der Waals surface area contributed by atoms with Crippen LogP contribution in [0.1, 0.15) is 6.92 Å². The van der Waals surface area contributed by atoms with E-state index in [9.17, 15) is 4.79 Å². The van der Waals surface area contributed by atoms with E-state index in [2.05, 4.69) is 0 Å². The van der Waals surface area contributed by atoms with E-state index in [-0.39, 0.29) is 5.78 Å². The first-order valence-corrected chi connectivity index (χ1v) is 3.21. The molecule has 0 radical (unpaired) electrons. The molecule has 0 aromatic carbocycles. The van der Waals surface area contributed by atoms with Crippen LogP contribution in [0.15, 0.2) is 12.2 Å². The van der Waals surface area contributed by atoms with E-state index in [1.165, 1.54) is 12.2 Å². The maximum absolute atomic E-state index is 10.8. The van der Waals surface area contributed by atoms with E-state index in [4.69, 9.17) is 10.2 Å². The summed E-state index contributed by atoms with van der Waals surface area (Å²) in [4.78, 5) is 10.8. The summed E-state index contributed by atoms with van der Waals surface area (Å²) in [5, 5.41) is 18.1. The summed E-state index contributed by atoms with van der Waals surface area (Å²) in [6.07, 6.45) is 0.805. The van der Waals surface area contributed by atoms with Crippen molar-refractivity contribution >= 4 is 5.78 Å². The van der Waals surface area contributed by atoms with Gasteiger partial charge in [-0.05, 0) is 6.08 Å². The number of hydrogen-bond donors (Lipinski definition) is 2. The van der Waals surface area contributed by atoms with Crippen LogP contribution < -0.4 is 0 Å². The van der Waals surface area contributed by atoms with Crippen molar-refractivity contribution in [3.8, 4) is 0 Å². The fourth-order valence-electron chi connectivity index (χ4n) is 0.923. The molecule has 0 saturated carbocycles. The normalized spacial score (nSPS) is 40.3. The number of rotatable bonds is 0. The highest BCUT2D eigenvalue weighted by Gasteiger charge is 2.28. The predicted octanol–water partition coefficient (Wildman–Crippen LogP) is -0.517. The van der Waals surface area contributed by atoms with Gasteiger partial charge in [0.1, 0.15) is 0 Å². The van der Waals surface area contributed by atoms with E-state index >= 15 is 0 Å². The molecule has 0 saturated heterocycles. The Labute approximate surface area is 59.0 Å². The van der Waals surface area contributed by atoms with Gasteiger partial charge >= 0.3 is 0 Å². The standard InChI is InChI=1S/C7H10O3/c1-4-5(8)2-3-6(9)7(4)10/h2-4,6-7,9-10H,1H3/t4-,6+,7-/m1/s1. The summed E-state index contributed by atoms with van der Waals surface area (Å²) in [6, 6.07) is 0. The maximum atomic E-state index is 10.8. The van der Waals surface area contributed by atoms with Gasteiger partial charge in [0.05, 0.1) is 12.2 Å². The van der Waals surface area contributed by atoms with E-state index in [1.807, 2.05) is 0 Å². The molecule has 0 unspecified atom stereocenters. The highest BCUT2D eigenvalue weighted by Crippen LogP contribution is 2.15. The van der Waals surface area contributed by atoms with E-state index in [0.29, 0.717) is 0 Å². The average Bonchev–Trinajstić information content (AvgIpc) is 1.93. The number of aliphatic hydroxyl groups is 2. The van der Waals surface area contributed by atoms with Gasteiger partial charge in [-0.15, -0.1) is 0 Å². The summed E-state index contributed by atoms with van der Waals surface area (Å²) < 4.78 is 0. The van der Waals surface area contributed by atoms with Crippen LogP contribution >= 0.6 is 0 Å². The van der Waals surface area contributed by atoms with Gasteiger partial charge in [-0.3, -0.25) is 4.79 Å². The Hall–Kier alpha value is -0.670. The zero-order chi connectivity index (χ0) is 7.72. The lowest BCUT2D eigenvalue weighted by Crippen LogP contribution is -2.37. The summed E-state index contributed by atoms with van der Waals surface area (Å²) in [5.74, 6) is -0.599. The maximum Gasteiger partial charge on any atom is 0.160 e. The van der Waals surface area contributed by atoms with Crippen molar-refractivity contribution in [1.29, 1.82) is 0 Å². The number of allylic oxidation sites excluding steroid dienone is 1. The second kappa shape index (κ2) is 2.52. The minimum atomic E-state index is -0.933. The number of carbonyl (C=O) groups is 1. The molecule has 1 aliphatic carbocycles. The fraction of sp³-hybridized carbons (Fsp3) is 0.571. The molecule has 0 heterocycles. The van der Waals surface area contributed by atoms with Gasteiger partial charge in [-0.25, -0.2) is 0 Å². The van der Waals surface area contributed by atoms with Crippen molar-refractivity contribution in [3.63, 3.8) is 0 Å². The summed E-state index contributed by atoms with van der Waals surface area (Å²) in [5.41, 5.74) is 0. The number of ketones is 1. The molecule has 3 atom stereocenters. The number of aliphatic hydroxyl groups excluding tert-OH is 2. The minimum Gasteiger partial charge on any atom is -0.389 e. The van der Waals surface area contributed by atoms with Gasteiger partial charge in [0.15, 0.2) is 5.78 Å². The van der Waals surface area contributed by atoms with Crippen LogP contribution in [0.5, 0.6) is 0 Å². The Morgan fingerprint density at radius 2 is 2.10 bits per heavy atom. The van der Waals surface area contributed by atoms with Crippen LogP contribution in [0.2, 0.25) is 0 Å². The third-order valence-electron chi connectivity index (χ3n) is 1.77. The SMILES string of the molecule is C[C@@H]1C(=O)C=C[C@H](O)[C@@H]1O. The Bertz CT molecular complexity index is 174. The summed E-state index contributed by atoms with van der Waals surface area (Å²) in [6.45, 7) is 1.60. The third kappa shape index (κ3) is 1.10. The lowest BCUT2D eigenvalue weighted by Gasteiger charge is -2.23. The van der Waals surface area contributed by atoms with Crippen LogP contribution in [0.25, 0.3) is 0 Å². The lowest BCUT2D eigenvalue weighted by atomic mass is 9.90. The van der Waals surface area contributed by atoms with E-state index in [0.717, 1.165) is 0 Å². The smallest absolute Gasteiger partial charge is 0.160 e. The molecule has 1 rings (SSSR count). The van der Waals surface area contributed by atoms with Crippen molar-refractivity contribution in [3.05, 3.63) is 12.2 Å². The van der Waals surface area contributed by atoms with Gasteiger partial charge in [-0.2, -0.15) is 0 Å². The zero-order valence-corrected chi connectivity index (χ0v) is 5.69. The molecule has 0 aromatic rings. The Kier molecular flexibility index (Phi) is 1.87. The molecular formula is C7H10O3. The van der Waals surface area contributed by atoms with E-state index < -0.39 is 18.1 Å². The summed E-state index contributed by atoms with van der Waals surface area (Å²) in [7, 11) is 0. The molecule has 3 nitrogen and oxygen atoms in total. The number of carbonyl (C=O) groups excluding carboxylic acids is 1. The van der Waals surface area contributed by atoms with Gasteiger partial charge in [0.25, 0.3) is 0 Å².